The lowest BCUT2D eigenvalue weighted by molar-refractivity contribution is -0.143. The minimum Gasteiger partial charge on any atom is -0.493 e. The predicted molar refractivity (Wildman–Crippen MR) is 112 cm³/mol. The van der Waals surface area contributed by atoms with Crippen LogP contribution in [-0.2, 0) is 16.1 Å². The molecule has 8 heteroatoms. The number of ether oxygens (including phenoxy) is 3. The van der Waals surface area contributed by atoms with E-state index in [4.69, 9.17) is 14.2 Å². The number of hydrogen-bond acceptors (Lipinski definition) is 5. The summed E-state index contributed by atoms with van der Waals surface area (Å²) in [6.07, 6.45) is -0.340. The number of esters is 1. The van der Waals surface area contributed by atoms with Crippen LogP contribution in [0, 0.1) is 5.82 Å². The van der Waals surface area contributed by atoms with Crippen LogP contribution in [0.1, 0.15) is 37.9 Å². The predicted octanol–water partition coefficient (Wildman–Crippen LogP) is 3.99. The highest BCUT2D eigenvalue weighted by Crippen LogP contribution is 2.39. The molecule has 2 N–H and O–H groups in total. The van der Waals surface area contributed by atoms with E-state index in [0.29, 0.717) is 28.3 Å². The summed E-state index contributed by atoms with van der Waals surface area (Å²) < 4.78 is 30.8. The summed E-state index contributed by atoms with van der Waals surface area (Å²) in [6, 6.07) is 10.1. The van der Waals surface area contributed by atoms with Crippen molar-refractivity contribution < 1.29 is 28.2 Å². The topological polar surface area (TPSA) is 85.9 Å². The van der Waals surface area contributed by atoms with Crippen LogP contribution in [0.4, 0.5) is 9.18 Å². The minimum absolute atomic E-state index is 0.0621. The summed E-state index contributed by atoms with van der Waals surface area (Å²) in [4.78, 5) is 25.0. The molecule has 7 nitrogen and oxygen atoms in total. The quantitative estimate of drug-likeness (QED) is 0.652. The third-order valence-corrected chi connectivity index (χ3v) is 4.70. The van der Waals surface area contributed by atoms with Gasteiger partial charge >= 0.3 is 12.0 Å². The molecule has 0 radical (unpaired) electrons. The number of halogens is 1. The molecular weight excluding hydrogens is 403 g/mol. The number of nitrogens with one attached hydrogen (secondary N) is 2. The van der Waals surface area contributed by atoms with Crippen molar-refractivity contribution in [3.8, 4) is 11.5 Å². The fourth-order valence-electron chi connectivity index (χ4n) is 3.32. The molecule has 1 atom stereocenters. The average molecular weight is 428 g/mol. The Balaban J connectivity index is 2.03. The molecule has 0 bridgehead atoms. The van der Waals surface area contributed by atoms with Gasteiger partial charge in [0.1, 0.15) is 12.4 Å². The van der Waals surface area contributed by atoms with E-state index in [9.17, 15) is 14.0 Å². The third kappa shape index (κ3) is 4.96. The van der Waals surface area contributed by atoms with Crippen LogP contribution in [0.3, 0.4) is 0 Å². The standard InChI is InChI=1S/C23H25FN2O5/c1-13(2)31-22(27)19-14(3)25-23(28)26-20(19)16-9-7-11-18(29-4)21(16)30-12-15-8-5-6-10-17(15)24/h5-11,13,20H,12H2,1-4H3,(H2,25,26,28). The van der Waals surface area contributed by atoms with Crippen molar-refractivity contribution in [1.82, 2.24) is 10.6 Å². The number of carbonyl (C=O) groups is 2. The van der Waals surface area contributed by atoms with Crippen molar-refractivity contribution in [1.29, 1.82) is 0 Å². The Kier molecular flexibility index (Phi) is 6.79. The first-order valence-corrected chi connectivity index (χ1v) is 9.84. The number of allylic oxidation sites excluding steroid dienone is 1. The molecular formula is C23H25FN2O5. The van der Waals surface area contributed by atoms with Gasteiger partial charge in [-0.2, -0.15) is 0 Å². The molecule has 2 aromatic carbocycles. The van der Waals surface area contributed by atoms with E-state index < -0.39 is 23.9 Å². The second-order valence-electron chi connectivity index (χ2n) is 7.28. The highest BCUT2D eigenvalue weighted by Gasteiger charge is 2.35. The first kappa shape index (κ1) is 22.1. The molecule has 0 aliphatic carbocycles. The largest absolute Gasteiger partial charge is 0.493 e. The number of methoxy groups -OCH3 is 1. The Morgan fingerprint density at radius 1 is 1.16 bits per heavy atom. The van der Waals surface area contributed by atoms with Gasteiger partial charge in [0.2, 0.25) is 0 Å². The maximum atomic E-state index is 14.1. The summed E-state index contributed by atoms with van der Waals surface area (Å²) in [6.45, 7) is 5.05. The molecule has 0 saturated heterocycles. The normalized spacial score (nSPS) is 15.9. The van der Waals surface area contributed by atoms with Gasteiger partial charge in [0.25, 0.3) is 0 Å². The van der Waals surface area contributed by atoms with Gasteiger partial charge in [-0.3, -0.25) is 0 Å². The van der Waals surface area contributed by atoms with E-state index in [1.165, 1.54) is 13.2 Å². The van der Waals surface area contributed by atoms with E-state index in [1.54, 1.807) is 57.2 Å². The fraction of sp³-hybridized carbons (Fsp3) is 0.304. The monoisotopic (exact) mass is 428 g/mol. The second kappa shape index (κ2) is 9.51. The Labute approximate surface area is 180 Å². The Morgan fingerprint density at radius 3 is 2.58 bits per heavy atom. The van der Waals surface area contributed by atoms with Gasteiger partial charge in [-0.15, -0.1) is 0 Å². The van der Waals surface area contributed by atoms with E-state index >= 15 is 0 Å². The number of rotatable bonds is 7. The van der Waals surface area contributed by atoms with Gasteiger partial charge in [-0.25, -0.2) is 14.0 Å². The molecule has 31 heavy (non-hydrogen) atoms. The van der Waals surface area contributed by atoms with Crippen LogP contribution in [0.5, 0.6) is 11.5 Å². The smallest absolute Gasteiger partial charge is 0.338 e. The molecule has 1 aliphatic rings. The van der Waals surface area contributed by atoms with Crippen molar-refractivity contribution in [2.45, 2.75) is 39.5 Å². The zero-order valence-corrected chi connectivity index (χ0v) is 17.8. The first-order chi connectivity index (χ1) is 14.8. The van der Waals surface area contributed by atoms with Crippen LogP contribution in [0.15, 0.2) is 53.7 Å². The number of para-hydroxylation sites is 1. The molecule has 3 rings (SSSR count). The van der Waals surface area contributed by atoms with Crippen LogP contribution < -0.4 is 20.1 Å². The SMILES string of the molecule is COc1cccc(C2NC(=O)NC(C)=C2C(=O)OC(C)C)c1OCc1ccccc1F. The van der Waals surface area contributed by atoms with Crippen molar-refractivity contribution in [2.75, 3.05) is 7.11 Å². The summed E-state index contributed by atoms with van der Waals surface area (Å²) in [5, 5.41) is 5.35. The molecule has 0 aromatic heterocycles. The molecule has 0 spiro atoms. The average Bonchev–Trinajstić information content (AvgIpc) is 2.71. The molecule has 164 valence electrons. The molecule has 2 aromatic rings. The van der Waals surface area contributed by atoms with Crippen molar-refractivity contribution in [3.63, 3.8) is 0 Å². The van der Waals surface area contributed by atoms with Crippen molar-refractivity contribution >= 4 is 12.0 Å². The fourth-order valence-corrected chi connectivity index (χ4v) is 3.32. The molecule has 1 unspecified atom stereocenters. The summed E-state index contributed by atoms with van der Waals surface area (Å²) >= 11 is 0. The molecule has 1 heterocycles. The van der Waals surface area contributed by atoms with Crippen molar-refractivity contribution in [2.24, 2.45) is 0 Å². The number of hydrogen-bond donors (Lipinski definition) is 2. The zero-order valence-electron chi connectivity index (χ0n) is 17.8. The van der Waals surface area contributed by atoms with E-state index in [-0.39, 0.29) is 18.3 Å². The van der Waals surface area contributed by atoms with Gasteiger partial charge in [-0.1, -0.05) is 30.3 Å². The summed E-state index contributed by atoms with van der Waals surface area (Å²) in [5.74, 6) is -0.280. The number of urea groups is 1. The van der Waals surface area contributed by atoms with Crippen molar-refractivity contribution in [3.05, 3.63) is 70.7 Å². The van der Waals surface area contributed by atoms with Gasteiger partial charge in [0.15, 0.2) is 11.5 Å². The van der Waals surface area contributed by atoms with Crippen LogP contribution >= 0.6 is 0 Å². The lowest BCUT2D eigenvalue weighted by Gasteiger charge is -2.30. The summed E-state index contributed by atoms with van der Waals surface area (Å²) in [7, 11) is 1.48. The molecule has 0 fully saturated rings. The minimum atomic E-state index is -0.842. The Hall–Kier alpha value is -3.55. The van der Waals surface area contributed by atoms with Gasteiger partial charge in [-0.05, 0) is 32.9 Å². The molecule has 2 amide bonds. The third-order valence-electron chi connectivity index (χ3n) is 4.70. The van der Waals surface area contributed by atoms with Crippen LogP contribution in [0.25, 0.3) is 0 Å². The van der Waals surface area contributed by atoms with Gasteiger partial charge < -0.3 is 24.8 Å². The van der Waals surface area contributed by atoms with Crippen LogP contribution in [-0.4, -0.2) is 25.2 Å². The van der Waals surface area contributed by atoms with Gasteiger partial charge in [0, 0.05) is 16.8 Å². The maximum absolute atomic E-state index is 14.1. The highest BCUT2D eigenvalue weighted by atomic mass is 19.1. The van der Waals surface area contributed by atoms with Crippen LogP contribution in [0.2, 0.25) is 0 Å². The number of benzene rings is 2. The Morgan fingerprint density at radius 2 is 1.90 bits per heavy atom. The van der Waals surface area contributed by atoms with E-state index in [1.807, 2.05) is 0 Å². The summed E-state index contributed by atoms with van der Waals surface area (Å²) in [5.41, 5.74) is 1.47. The lowest BCUT2D eigenvalue weighted by atomic mass is 9.94. The van der Waals surface area contributed by atoms with E-state index in [2.05, 4.69) is 10.6 Å². The van der Waals surface area contributed by atoms with E-state index in [0.717, 1.165) is 0 Å². The number of carbonyl (C=O) groups excluding carboxylic acids is 2. The first-order valence-electron chi connectivity index (χ1n) is 9.84. The zero-order chi connectivity index (χ0) is 22.5. The molecule has 1 aliphatic heterocycles. The number of amides is 2. The second-order valence-corrected chi connectivity index (χ2v) is 7.28. The molecule has 0 saturated carbocycles. The lowest BCUT2D eigenvalue weighted by Crippen LogP contribution is -2.45. The highest BCUT2D eigenvalue weighted by molar-refractivity contribution is 5.95. The van der Waals surface area contributed by atoms with Gasteiger partial charge in [0.05, 0.1) is 24.8 Å². The maximum Gasteiger partial charge on any atom is 0.338 e. The Bertz CT molecular complexity index is 1020.